The molecule has 1 aromatic carbocycles. The van der Waals surface area contributed by atoms with Crippen LogP contribution in [0, 0.1) is 0 Å². The highest BCUT2D eigenvalue weighted by atomic mass is 16.3. The maximum absolute atomic E-state index is 12.6. The van der Waals surface area contributed by atoms with E-state index in [1.54, 1.807) is 23.1 Å². The molecule has 0 saturated carbocycles. The second-order valence-electron chi connectivity index (χ2n) is 5.42. The zero-order chi connectivity index (χ0) is 16.2. The Labute approximate surface area is 134 Å². The van der Waals surface area contributed by atoms with Gasteiger partial charge in [0.25, 0.3) is 5.91 Å². The standard InChI is InChI=1S/C18H19N3O2/c1-3-13(2)19-18(22)16-12-15(17-10-7-11-23-17)20-21(16)14-8-5-4-6-9-14/h4-13H,3H2,1-2H3,(H,19,22). The van der Waals surface area contributed by atoms with Crippen LogP contribution >= 0.6 is 0 Å². The predicted molar refractivity (Wildman–Crippen MR) is 88.5 cm³/mol. The number of nitrogens with zero attached hydrogens (tertiary/aromatic N) is 2. The van der Waals surface area contributed by atoms with Crippen molar-refractivity contribution in [3.63, 3.8) is 0 Å². The lowest BCUT2D eigenvalue weighted by atomic mass is 10.2. The Balaban J connectivity index is 2.04. The third-order valence-electron chi connectivity index (χ3n) is 3.71. The third-order valence-corrected chi connectivity index (χ3v) is 3.71. The molecule has 1 atom stereocenters. The van der Waals surface area contributed by atoms with Gasteiger partial charge in [-0.15, -0.1) is 0 Å². The van der Waals surface area contributed by atoms with Gasteiger partial charge in [-0.2, -0.15) is 5.10 Å². The van der Waals surface area contributed by atoms with Crippen molar-refractivity contribution in [1.82, 2.24) is 15.1 Å². The molecule has 1 unspecified atom stereocenters. The number of rotatable bonds is 5. The SMILES string of the molecule is CCC(C)NC(=O)c1cc(-c2ccco2)nn1-c1ccccc1. The van der Waals surface area contributed by atoms with Crippen LogP contribution in [0.5, 0.6) is 0 Å². The fourth-order valence-corrected chi connectivity index (χ4v) is 2.25. The van der Waals surface area contributed by atoms with Crippen LogP contribution in [0.2, 0.25) is 0 Å². The lowest BCUT2D eigenvalue weighted by Gasteiger charge is -2.12. The second kappa shape index (κ2) is 6.52. The molecule has 2 aromatic heterocycles. The maximum atomic E-state index is 12.6. The summed E-state index contributed by atoms with van der Waals surface area (Å²) in [6.07, 6.45) is 2.46. The van der Waals surface area contributed by atoms with Gasteiger partial charge >= 0.3 is 0 Å². The Morgan fingerprint density at radius 1 is 1.26 bits per heavy atom. The topological polar surface area (TPSA) is 60.1 Å². The third kappa shape index (κ3) is 3.18. The van der Waals surface area contributed by atoms with Gasteiger partial charge in [-0.1, -0.05) is 25.1 Å². The van der Waals surface area contributed by atoms with Gasteiger partial charge in [0.15, 0.2) is 5.76 Å². The molecular weight excluding hydrogens is 290 g/mol. The van der Waals surface area contributed by atoms with Crippen LogP contribution in [0.1, 0.15) is 30.8 Å². The van der Waals surface area contributed by atoms with Crippen LogP contribution in [0.4, 0.5) is 0 Å². The van der Waals surface area contributed by atoms with Gasteiger partial charge in [0.2, 0.25) is 0 Å². The highest BCUT2D eigenvalue weighted by molar-refractivity contribution is 5.94. The molecular formula is C18H19N3O2. The second-order valence-corrected chi connectivity index (χ2v) is 5.42. The number of amides is 1. The van der Waals surface area contributed by atoms with Gasteiger partial charge in [0, 0.05) is 12.1 Å². The average Bonchev–Trinajstić information content (AvgIpc) is 3.24. The molecule has 3 aromatic rings. The van der Waals surface area contributed by atoms with Crippen molar-refractivity contribution < 1.29 is 9.21 Å². The molecule has 0 aliphatic heterocycles. The molecule has 0 saturated heterocycles. The van der Waals surface area contributed by atoms with Gasteiger partial charge in [0.1, 0.15) is 11.4 Å². The van der Waals surface area contributed by atoms with Crippen molar-refractivity contribution in [2.24, 2.45) is 0 Å². The summed E-state index contributed by atoms with van der Waals surface area (Å²) in [5.74, 6) is 0.491. The van der Waals surface area contributed by atoms with E-state index in [4.69, 9.17) is 4.42 Å². The number of para-hydroxylation sites is 1. The first-order valence-corrected chi connectivity index (χ1v) is 7.69. The van der Waals surface area contributed by atoms with Gasteiger partial charge in [0.05, 0.1) is 12.0 Å². The van der Waals surface area contributed by atoms with E-state index in [1.807, 2.05) is 50.2 Å². The Hall–Kier alpha value is -2.82. The summed E-state index contributed by atoms with van der Waals surface area (Å²) in [6.45, 7) is 4.02. The summed E-state index contributed by atoms with van der Waals surface area (Å²) in [7, 11) is 0. The fourth-order valence-electron chi connectivity index (χ4n) is 2.25. The molecule has 2 heterocycles. The van der Waals surface area contributed by atoms with Crippen molar-refractivity contribution in [2.45, 2.75) is 26.3 Å². The highest BCUT2D eigenvalue weighted by Crippen LogP contribution is 2.22. The van der Waals surface area contributed by atoms with E-state index >= 15 is 0 Å². The van der Waals surface area contributed by atoms with E-state index < -0.39 is 0 Å². The Kier molecular flexibility index (Phi) is 4.28. The molecule has 0 spiro atoms. The molecule has 118 valence electrons. The van der Waals surface area contributed by atoms with Crippen LogP contribution < -0.4 is 5.32 Å². The first kappa shape index (κ1) is 15.1. The van der Waals surface area contributed by atoms with Crippen LogP contribution in [0.25, 0.3) is 17.1 Å². The Bertz CT molecular complexity index is 776. The average molecular weight is 309 g/mol. The summed E-state index contributed by atoms with van der Waals surface area (Å²) in [5, 5.41) is 7.52. The zero-order valence-electron chi connectivity index (χ0n) is 13.2. The molecule has 0 radical (unpaired) electrons. The summed E-state index contributed by atoms with van der Waals surface area (Å²) < 4.78 is 7.05. The Morgan fingerprint density at radius 2 is 2.04 bits per heavy atom. The van der Waals surface area contributed by atoms with Crippen molar-refractivity contribution in [3.05, 3.63) is 60.5 Å². The molecule has 23 heavy (non-hydrogen) atoms. The molecule has 1 N–H and O–H groups in total. The summed E-state index contributed by atoms with van der Waals surface area (Å²) in [4.78, 5) is 12.6. The minimum Gasteiger partial charge on any atom is -0.463 e. The maximum Gasteiger partial charge on any atom is 0.270 e. The van der Waals surface area contributed by atoms with Crippen LogP contribution in [0.15, 0.2) is 59.2 Å². The monoisotopic (exact) mass is 309 g/mol. The lowest BCUT2D eigenvalue weighted by Crippen LogP contribution is -2.33. The summed E-state index contributed by atoms with van der Waals surface area (Å²) in [5.41, 5.74) is 1.95. The normalized spacial score (nSPS) is 12.1. The molecule has 1 amide bonds. The quantitative estimate of drug-likeness (QED) is 0.782. The first-order chi connectivity index (χ1) is 11.2. The van der Waals surface area contributed by atoms with Crippen molar-refractivity contribution in [1.29, 1.82) is 0 Å². The van der Waals surface area contributed by atoms with Crippen molar-refractivity contribution >= 4 is 5.91 Å². The molecule has 0 bridgehead atoms. The van der Waals surface area contributed by atoms with Crippen molar-refractivity contribution in [2.75, 3.05) is 0 Å². The number of aromatic nitrogens is 2. The van der Waals surface area contributed by atoms with E-state index in [0.717, 1.165) is 12.1 Å². The fraction of sp³-hybridized carbons (Fsp3) is 0.222. The molecule has 5 nitrogen and oxygen atoms in total. The number of hydrogen-bond acceptors (Lipinski definition) is 3. The van der Waals surface area contributed by atoms with E-state index in [1.165, 1.54) is 0 Å². The minimum atomic E-state index is -0.145. The summed E-state index contributed by atoms with van der Waals surface area (Å²) in [6, 6.07) is 15.1. The number of carbonyl (C=O) groups is 1. The number of carbonyl (C=O) groups excluding carboxylic acids is 1. The molecule has 5 heteroatoms. The van der Waals surface area contributed by atoms with Gasteiger partial charge < -0.3 is 9.73 Å². The number of benzene rings is 1. The van der Waals surface area contributed by atoms with Crippen molar-refractivity contribution in [3.8, 4) is 17.1 Å². The molecule has 3 rings (SSSR count). The van der Waals surface area contributed by atoms with E-state index in [9.17, 15) is 4.79 Å². The van der Waals surface area contributed by atoms with Gasteiger partial charge in [-0.25, -0.2) is 4.68 Å². The van der Waals surface area contributed by atoms with Gasteiger partial charge in [-0.05, 0) is 37.6 Å². The number of furan rings is 1. The van der Waals surface area contributed by atoms with Crippen LogP contribution in [-0.2, 0) is 0 Å². The van der Waals surface area contributed by atoms with Crippen LogP contribution in [0.3, 0.4) is 0 Å². The molecule has 0 aliphatic rings. The number of hydrogen-bond donors (Lipinski definition) is 1. The predicted octanol–water partition coefficient (Wildman–Crippen LogP) is 3.66. The number of nitrogens with one attached hydrogen (secondary N) is 1. The van der Waals surface area contributed by atoms with E-state index in [-0.39, 0.29) is 11.9 Å². The molecule has 0 fully saturated rings. The van der Waals surface area contributed by atoms with E-state index in [0.29, 0.717) is 17.1 Å². The van der Waals surface area contributed by atoms with Gasteiger partial charge in [-0.3, -0.25) is 4.79 Å². The Morgan fingerprint density at radius 3 is 2.70 bits per heavy atom. The van der Waals surface area contributed by atoms with Crippen LogP contribution in [-0.4, -0.2) is 21.7 Å². The largest absolute Gasteiger partial charge is 0.463 e. The van der Waals surface area contributed by atoms with E-state index in [2.05, 4.69) is 10.4 Å². The zero-order valence-corrected chi connectivity index (χ0v) is 13.2. The lowest BCUT2D eigenvalue weighted by molar-refractivity contribution is 0.0931. The highest BCUT2D eigenvalue weighted by Gasteiger charge is 2.19. The molecule has 0 aliphatic carbocycles. The first-order valence-electron chi connectivity index (χ1n) is 7.69. The summed E-state index contributed by atoms with van der Waals surface area (Å²) >= 11 is 0. The smallest absolute Gasteiger partial charge is 0.270 e. The minimum absolute atomic E-state index is 0.105.